The molecular formula is C21H22FNO2. The molecule has 2 aromatic carbocycles. The van der Waals surface area contributed by atoms with Crippen LogP contribution >= 0.6 is 0 Å². The van der Waals surface area contributed by atoms with Gasteiger partial charge < -0.3 is 10.4 Å². The number of hydrogen-bond acceptors (Lipinski definition) is 2. The fraction of sp³-hybridized carbons (Fsp3) is 0.381. The molecule has 2 aliphatic carbocycles. The molecule has 0 bridgehead atoms. The largest absolute Gasteiger partial charge is 0.393 e. The third-order valence-corrected chi connectivity index (χ3v) is 5.64. The number of halogens is 1. The van der Waals surface area contributed by atoms with Crippen LogP contribution in [-0.4, -0.2) is 17.1 Å². The number of benzene rings is 2. The Labute approximate surface area is 146 Å². The highest BCUT2D eigenvalue weighted by atomic mass is 19.1. The number of carbonyl (C=O) groups is 1. The lowest BCUT2D eigenvalue weighted by atomic mass is 9.74. The van der Waals surface area contributed by atoms with Gasteiger partial charge in [0, 0.05) is 5.56 Å². The molecule has 130 valence electrons. The quantitative estimate of drug-likeness (QED) is 0.876. The third kappa shape index (κ3) is 2.95. The van der Waals surface area contributed by atoms with Crippen LogP contribution in [0.5, 0.6) is 0 Å². The van der Waals surface area contributed by atoms with Crippen molar-refractivity contribution in [1.29, 1.82) is 0 Å². The summed E-state index contributed by atoms with van der Waals surface area (Å²) in [7, 11) is 0. The Hall–Kier alpha value is -2.20. The summed E-state index contributed by atoms with van der Waals surface area (Å²) in [5, 5.41) is 12.8. The standard InChI is InChI=1S/C21H22FNO2/c22-18-9-5-4-8-17(18)21(10-11-21)20(25)23-19(15-12-16(24)13-15)14-6-2-1-3-7-14/h1-9,15-16,19,24H,10-13H2,(H,23,25). The second-order valence-electron chi connectivity index (χ2n) is 7.31. The predicted molar refractivity (Wildman–Crippen MR) is 93.4 cm³/mol. The molecule has 2 saturated carbocycles. The highest BCUT2D eigenvalue weighted by molar-refractivity contribution is 5.91. The van der Waals surface area contributed by atoms with Gasteiger partial charge in [0.1, 0.15) is 5.82 Å². The fourth-order valence-electron chi connectivity index (χ4n) is 3.91. The first-order valence-electron chi connectivity index (χ1n) is 8.89. The van der Waals surface area contributed by atoms with Crippen LogP contribution in [0.2, 0.25) is 0 Å². The molecule has 4 heteroatoms. The van der Waals surface area contributed by atoms with Gasteiger partial charge in [-0.2, -0.15) is 0 Å². The van der Waals surface area contributed by atoms with E-state index in [4.69, 9.17) is 0 Å². The van der Waals surface area contributed by atoms with Crippen LogP contribution in [-0.2, 0) is 10.2 Å². The van der Waals surface area contributed by atoms with Crippen LogP contribution in [0.4, 0.5) is 4.39 Å². The fourth-order valence-corrected chi connectivity index (χ4v) is 3.91. The second kappa shape index (κ2) is 6.26. The number of aliphatic hydroxyl groups is 1. The maximum atomic E-state index is 14.2. The zero-order valence-electron chi connectivity index (χ0n) is 14.0. The number of hydrogen-bond donors (Lipinski definition) is 2. The maximum Gasteiger partial charge on any atom is 0.231 e. The van der Waals surface area contributed by atoms with Gasteiger partial charge in [-0.25, -0.2) is 4.39 Å². The summed E-state index contributed by atoms with van der Waals surface area (Å²) >= 11 is 0. The minimum Gasteiger partial charge on any atom is -0.393 e. The van der Waals surface area contributed by atoms with Crippen LogP contribution in [0, 0.1) is 11.7 Å². The lowest BCUT2D eigenvalue weighted by Crippen LogP contribution is -2.44. The molecule has 0 aliphatic heterocycles. The van der Waals surface area contributed by atoms with Crippen LogP contribution < -0.4 is 5.32 Å². The minimum atomic E-state index is -0.735. The van der Waals surface area contributed by atoms with Crippen molar-refractivity contribution in [2.75, 3.05) is 0 Å². The van der Waals surface area contributed by atoms with E-state index in [0.717, 1.165) is 5.56 Å². The summed E-state index contributed by atoms with van der Waals surface area (Å²) in [6.07, 6.45) is 2.44. The zero-order chi connectivity index (χ0) is 17.4. The van der Waals surface area contributed by atoms with E-state index in [9.17, 15) is 14.3 Å². The Morgan fingerprint density at radius 1 is 1.08 bits per heavy atom. The topological polar surface area (TPSA) is 49.3 Å². The van der Waals surface area contributed by atoms with Gasteiger partial charge in [-0.15, -0.1) is 0 Å². The van der Waals surface area contributed by atoms with Gasteiger partial charge >= 0.3 is 0 Å². The van der Waals surface area contributed by atoms with Gasteiger partial charge in [0.25, 0.3) is 0 Å². The van der Waals surface area contributed by atoms with Gasteiger partial charge in [-0.05, 0) is 43.2 Å². The molecule has 1 amide bonds. The van der Waals surface area contributed by atoms with Crippen LogP contribution in [0.15, 0.2) is 54.6 Å². The Kier molecular flexibility index (Phi) is 4.08. The number of amides is 1. The summed E-state index contributed by atoms with van der Waals surface area (Å²) in [5.74, 6) is -0.198. The molecule has 4 rings (SSSR count). The average molecular weight is 339 g/mol. The van der Waals surface area contributed by atoms with Gasteiger partial charge in [-0.3, -0.25) is 4.79 Å². The van der Waals surface area contributed by atoms with E-state index in [-0.39, 0.29) is 29.8 Å². The summed E-state index contributed by atoms with van der Waals surface area (Å²) in [6, 6.07) is 16.3. The van der Waals surface area contributed by atoms with E-state index in [1.165, 1.54) is 6.07 Å². The van der Waals surface area contributed by atoms with E-state index in [0.29, 0.717) is 31.2 Å². The smallest absolute Gasteiger partial charge is 0.231 e. The van der Waals surface area contributed by atoms with Crippen molar-refractivity contribution >= 4 is 5.91 Å². The van der Waals surface area contributed by atoms with Crippen LogP contribution in [0.1, 0.15) is 42.9 Å². The van der Waals surface area contributed by atoms with Gasteiger partial charge in [0.2, 0.25) is 5.91 Å². The molecule has 2 fully saturated rings. The molecule has 3 nitrogen and oxygen atoms in total. The van der Waals surface area contributed by atoms with E-state index >= 15 is 0 Å². The summed E-state index contributed by atoms with van der Waals surface area (Å²) < 4.78 is 14.2. The predicted octanol–water partition coefficient (Wildman–Crippen LogP) is 3.49. The summed E-state index contributed by atoms with van der Waals surface area (Å²) in [4.78, 5) is 13.0. The van der Waals surface area contributed by atoms with Crippen LogP contribution in [0.3, 0.4) is 0 Å². The molecule has 2 aliphatic rings. The first-order chi connectivity index (χ1) is 12.1. The first-order valence-corrected chi connectivity index (χ1v) is 8.89. The second-order valence-corrected chi connectivity index (χ2v) is 7.31. The first kappa shape index (κ1) is 16.3. The molecule has 0 radical (unpaired) electrons. The average Bonchev–Trinajstić information content (AvgIpc) is 3.40. The SMILES string of the molecule is O=C(NC(c1ccccc1)C1CC(O)C1)C1(c2ccccc2F)CC1. The van der Waals surface area contributed by atoms with Crippen molar-refractivity contribution in [2.24, 2.45) is 5.92 Å². The summed E-state index contributed by atoms with van der Waals surface area (Å²) in [6.45, 7) is 0. The Bertz CT molecular complexity index is 766. The van der Waals surface area contributed by atoms with Crippen molar-refractivity contribution in [3.8, 4) is 0 Å². The normalized spacial score (nSPS) is 24.9. The minimum absolute atomic E-state index is 0.104. The molecule has 0 spiro atoms. The molecule has 1 atom stereocenters. The van der Waals surface area contributed by atoms with Crippen LogP contribution in [0.25, 0.3) is 0 Å². The number of aliphatic hydroxyl groups excluding tert-OH is 1. The molecule has 0 aromatic heterocycles. The molecule has 25 heavy (non-hydrogen) atoms. The number of nitrogens with one attached hydrogen (secondary N) is 1. The lowest BCUT2D eigenvalue weighted by Gasteiger charge is -2.39. The molecule has 0 saturated heterocycles. The Balaban J connectivity index is 1.58. The lowest BCUT2D eigenvalue weighted by molar-refractivity contribution is -0.125. The molecular weight excluding hydrogens is 317 g/mol. The van der Waals surface area contributed by atoms with E-state index in [1.807, 2.05) is 30.3 Å². The van der Waals surface area contributed by atoms with Crippen molar-refractivity contribution in [1.82, 2.24) is 5.32 Å². The molecule has 2 N–H and O–H groups in total. The van der Waals surface area contributed by atoms with Crippen molar-refractivity contribution < 1.29 is 14.3 Å². The van der Waals surface area contributed by atoms with Gasteiger partial charge in [0.05, 0.1) is 17.6 Å². The van der Waals surface area contributed by atoms with E-state index < -0.39 is 5.41 Å². The number of rotatable bonds is 5. The Morgan fingerprint density at radius 3 is 2.32 bits per heavy atom. The maximum absolute atomic E-state index is 14.2. The van der Waals surface area contributed by atoms with Crippen molar-refractivity contribution in [3.63, 3.8) is 0 Å². The van der Waals surface area contributed by atoms with Crippen molar-refractivity contribution in [3.05, 3.63) is 71.5 Å². The highest BCUT2D eigenvalue weighted by Crippen LogP contribution is 2.50. The Morgan fingerprint density at radius 2 is 1.72 bits per heavy atom. The zero-order valence-corrected chi connectivity index (χ0v) is 14.0. The molecule has 2 aromatic rings. The van der Waals surface area contributed by atoms with E-state index in [1.54, 1.807) is 18.2 Å². The monoisotopic (exact) mass is 339 g/mol. The van der Waals surface area contributed by atoms with E-state index in [2.05, 4.69) is 5.32 Å². The highest BCUT2D eigenvalue weighted by Gasteiger charge is 2.53. The van der Waals surface area contributed by atoms with Gasteiger partial charge in [-0.1, -0.05) is 48.5 Å². The molecule has 0 heterocycles. The summed E-state index contributed by atoms with van der Waals surface area (Å²) in [5.41, 5.74) is 0.797. The molecule has 1 unspecified atom stereocenters. The third-order valence-electron chi connectivity index (χ3n) is 5.64. The van der Waals surface area contributed by atoms with Gasteiger partial charge in [0.15, 0.2) is 0 Å². The number of carbonyl (C=O) groups excluding carboxylic acids is 1. The van der Waals surface area contributed by atoms with Crippen molar-refractivity contribution in [2.45, 2.75) is 43.2 Å².